The topological polar surface area (TPSA) is 50.2 Å². The quantitative estimate of drug-likeness (QED) is 0.181. The largest absolute Gasteiger partial charge is 0.512 e. The number of carbonyl (C=O) groups excluding carboxylic acids is 1. The van der Waals surface area contributed by atoms with Gasteiger partial charge < -0.3 is 5.11 Å². The fourth-order valence-corrected chi connectivity index (χ4v) is 2.99. The summed E-state index contributed by atoms with van der Waals surface area (Å²) in [6.07, 6.45) is 1.33. The molecule has 0 unspecified atom stereocenters. The molecule has 1 N–H and O–H groups in total. The van der Waals surface area contributed by atoms with E-state index in [1.807, 2.05) is 41.5 Å². The summed E-state index contributed by atoms with van der Waals surface area (Å²) in [6.45, 7) is 17.4. The smallest absolute Gasteiger partial charge is 0.164 e. The maximum Gasteiger partial charge on any atom is 0.164 e. The van der Waals surface area contributed by atoms with E-state index in [0.29, 0.717) is 0 Å². The number of rotatable bonds is 2. The van der Waals surface area contributed by atoms with Gasteiger partial charge in [0.1, 0.15) is 5.76 Å². The minimum atomic E-state index is -0.417. The summed E-state index contributed by atoms with van der Waals surface area (Å²) < 4.78 is 0. The van der Waals surface area contributed by atoms with Gasteiger partial charge in [0.25, 0.3) is 0 Å². The summed E-state index contributed by atoms with van der Waals surface area (Å²) in [6, 6.07) is 18.2. The first-order valence-corrected chi connectivity index (χ1v) is 11.0. The number of allylic oxidation sites excluding steroid dienone is 2. The number of fused-ring (bicyclic) bond motifs is 1. The monoisotopic (exact) mass is 623 g/mol. The second-order valence-corrected chi connectivity index (χ2v) is 10.5. The number of pyridine rings is 1. The van der Waals surface area contributed by atoms with Crippen LogP contribution in [0.5, 0.6) is 0 Å². The third-order valence-electron chi connectivity index (χ3n) is 5.04. The van der Waals surface area contributed by atoms with Crippen LogP contribution in [-0.4, -0.2) is 15.9 Å². The zero-order valence-electron chi connectivity index (χ0n) is 21.3. The average Bonchev–Trinajstić information content (AvgIpc) is 2.65. The zero-order valence-corrected chi connectivity index (χ0v) is 23.6. The number of hydrogen-bond acceptors (Lipinski definition) is 3. The Hall–Kier alpha value is -2.29. The van der Waals surface area contributed by atoms with Crippen LogP contribution < -0.4 is 0 Å². The molecule has 3 rings (SSSR count). The molecule has 3 aromatic rings. The van der Waals surface area contributed by atoms with Gasteiger partial charge in [0.15, 0.2) is 5.78 Å². The van der Waals surface area contributed by atoms with Gasteiger partial charge in [-0.25, -0.2) is 0 Å². The van der Waals surface area contributed by atoms with Crippen LogP contribution in [0.1, 0.15) is 58.2 Å². The normalized spacial score (nSPS) is 12.0. The number of aliphatic hydroxyl groups is 1. The maximum atomic E-state index is 11.5. The molecule has 0 aliphatic heterocycles. The van der Waals surface area contributed by atoms with Crippen LogP contribution >= 0.6 is 0 Å². The fraction of sp³-hybridized carbons (Fsp3) is 0.379. The van der Waals surface area contributed by atoms with Crippen molar-refractivity contribution < 1.29 is 30.0 Å². The molecule has 0 atom stereocenters. The van der Waals surface area contributed by atoms with E-state index >= 15 is 0 Å². The molecule has 0 saturated carbocycles. The first kappa shape index (κ1) is 28.7. The number of nitrogens with zero attached hydrogens (tertiary/aromatic N) is 1. The molecule has 1 aromatic heterocycles. The molecule has 2 aromatic carbocycles. The van der Waals surface area contributed by atoms with E-state index in [4.69, 9.17) is 4.98 Å². The van der Waals surface area contributed by atoms with Crippen LogP contribution in [0.3, 0.4) is 0 Å². The summed E-state index contributed by atoms with van der Waals surface area (Å²) in [7, 11) is 0. The zero-order chi connectivity index (χ0) is 24.3. The molecule has 0 aliphatic rings. The van der Waals surface area contributed by atoms with E-state index in [9.17, 15) is 9.90 Å². The second kappa shape index (κ2) is 11.2. The number of carbonyl (C=O) groups is 1. The third-order valence-corrected chi connectivity index (χ3v) is 5.04. The summed E-state index contributed by atoms with van der Waals surface area (Å²) in [4.78, 5) is 16.2. The average molecular weight is 623 g/mol. The maximum absolute atomic E-state index is 11.5. The van der Waals surface area contributed by atoms with Crippen molar-refractivity contribution in [2.75, 3.05) is 0 Å². The minimum Gasteiger partial charge on any atom is -0.512 e. The standard InChI is InChI=1S/C18H16N.C11H20O2.Ir/c1-12-4-6-17-15(9-12)5-7-18(19-17)16-10-13(2)8-14(3)11-16;1-10(2,3)8(12)7-9(13)11(4,5)6;/h4-10H,1-3H3;7,12H,1-6H3;/q-1;;/b;8-7-;. The van der Waals surface area contributed by atoms with Crippen LogP contribution in [0.15, 0.2) is 54.3 Å². The van der Waals surface area contributed by atoms with Crippen molar-refractivity contribution in [1.82, 2.24) is 4.98 Å². The Balaban J connectivity index is 0.000000346. The van der Waals surface area contributed by atoms with Gasteiger partial charge in [0.2, 0.25) is 0 Å². The summed E-state index contributed by atoms with van der Waals surface area (Å²) in [5, 5.41) is 10.7. The molecule has 1 heterocycles. The summed E-state index contributed by atoms with van der Waals surface area (Å²) >= 11 is 0. The SMILES string of the molecule is CC(C)(C)C(=O)/C=C(\O)C(C)(C)C.Cc1[c-]c(-c2ccc3cc(C)ccc3n2)cc(C)c1.[Ir]. The molecule has 0 saturated heterocycles. The fourth-order valence-electron chi connectivity index (χ4n) is 2.99. The van der Waals surface area contributed by atoms with Gasteiger partial charge in [0, 0.05) is 37.0 Å². The Kier molecular flexibility index (Phi) is 9.78. The van der Waals surface area contributed by atoms with Crippen molar-refractivity contribution in [2.24, 2.45) is 10.8 Å². The molecule has 1 radical (unpaired) electrons. The number of aryl methyl sites for hydroxylation is 3. The second-order valence-electron chi connectivity index (χ2n) is 10.5. The first-order valence-electron chi connectivity index (χ1n) is 11.0. The Morgan fingerprint density at radius 3 is 2.06 bits per heavy atom. The van der Waals surface area contributed by atoms with Crippen LogP contribution in [0.25, 0.3) is 22.2 Å². The van der Waals surface area contributed by atoms with Gasteiger partial charge >= 0.3 is 0 Å². The van der Waals surface area contributed by atoms with E-state index in [0.717, 1.165) is 22.3 Å². The first-order chi connectivity index (χ1) is 14.7. The molecule has 0 aliphatic carbocycles. The molecular weight excluding hydrogens is 587 g/mol. The number of ketones is 1. The van der Waals surface area contributed by atoms with Crippen LogP contribution in [-0.2, 0) is 24.9 Å². The molecule has 4 heteroatoms. The Morgan fingerprint density at radius 2 is 1.52 bits per heavy atom. The van der Waals surface area contributed by atoms with Crippen LogP contribution in [0.4, 0.5) is 0 Å². The van der Waals surface area contributed by atoms with Crippen molar-refractivity contribution in [3.8, 4) is 11.3 Å². The number of benzene rings is 2. The van der Waals surface area contributed by atoms with E-state index in [1.54, 1.807) is 0 Å². The number of aromatic nitrogens is 1. The molecule has 0 spiro atoms. The molecule has 3 nitrogen and oxygen atoms in total. The number of aliphatic hydroxyl groups excluding tert-OH is 1. The number of hydrogen-bond donors (Lipinski definition) is 1. The van der Waals surface area contributed by atoms with Crippen molar-refractivity contribution in [1.29, 1.82) is 0 Å². The third kappa shape index (κ3) is 8.53. The van der Waals surface area contributed by atoms with Gasteiger partial charge in [-0.15, -0.1) is 34.9 Å². The Bertz CT molecular complexity index is 1130. The molecule has 0 bridgehead atoms. The Labute approximate surface area is 212 Å². The van der Waals surface area contributed by atoms with E-state index in [1.165, 1.54) is 22.6 Å². The van der Waals surface area contributed by atoms with Gasteiger partial charge in [0.05, 0.1) is 5.52 Å². The minimum absolute atomic E-state index is 0. The van der Waals surface area contributed by atoms with Crippen molar-refractivity contribution in [2.45, 2.75) is 62.3 Å². The summed E-state index contributed by atoms with van der Waals surface area (Å²) in [5.74, 6) is 0.104. The van der Waals surface area contributed by atoms with Crippen LogP contribution in [0.2, 0.25) is 0 Å². The van der Waals surface area contributed by atoms with Crippen LogP contribution in [0, 0.1) is 37.7 Å². The molecular formula is C29H36IrNO2-. The van der Waals surface area contributed by atoms with Gasteiger partial charge in [-0.2, -0.15) is 0 Å². The molecule has 0 fully saturated rings. The molecule has 33 heavy (non-hydrogen) atoms. The van der Waals surface area contributed by atoms with E-state index < -0.39 is 5.41 Å². The van der Waals surface area contributed by atoms with Crippen molar-refractivity contribution in [3.63, 3.8) is 0 Å². The molecule has 179 valence electrons. The van der Waals surface area contributed by atoms with Gasteiger partial charge in [-0.05, 0) is 30.1 Å². The van der Waals surface area contributed by atoms with Crippen molar-refractivity contribution >= 4 is 16.7 Å². The Morgan fingerprint density at radius 1 is 0.879 bits per heavy atom. The predicted octanol–water partition coefficient (Wildman–Crippen LogP) is 7.71. The predicted molar refractivity (Wildman–Crippen MR) is 135 cm³/mol. The summed E-state index contributed by atoms with van der Waals surface area (Å²) in [5.41, 5.74) is 6.00. The van der Waals surface area contributed by atoms with Gasteiger partial charge in [-0.1, -0.05) is 79.2 Å². The van der Waals surface area contributed by atoms with Gasteiger partial charge in [-0.3, -0.25) is 9.78 Å². The van der Waals surface area contributed by atoms with E-state index in [2.05, 4.69) is 69.3 Å². The van der Waals surface area contributed by atoms with E-state index in [-0.39, 0.29) is 37.1 Å². The van der Waals surface area contributed by atoms with Crippen molar-refractivity contribution in [3.05, 3.63) is 77.1 Å². The molecule has 0 amide bonds.